The van der Waals surface area contributed by atoms with E-state index >= 15 is 0 Å². The third-order valence-electron chi connectivity index (χ3n) is 2.93. The van der Waals surface area contributed by atoms with Crippen LogP contribution in [0.25, 0.3) is 0 Å². The number of nitrogens with one attached hydrogen (secondary N) is 1. The molecule has 0 atom stereocenters. The van der Waals surface area contributed by atoms with Crippen LogP contribution < -0.4 is 16.9 Å². The molecule has 0 aliphatic rings. The van der Waals surface area contributed by atoms with Crippen molar-refractivity contribution in [2.24, 2.45) is 10.9 Å². The topological polar surface area (TPSA) is 140 Å². The minimum atomic E-state index is -1.20. The summed E-state index contributed by atoms with van der Waals surface area (Å²) in [6.45, 7) is 2.76. The Hall–Kier alpha value is -2.91. The van der Waals surface area contributed by atoms with Crippen LogP contribution in [0.2, 0.25) is 0 Å². The van der Waals surface area contributed by atoms with Gasteiger partial charge in [-0.1, -0.05) is 17.8 Å². The van der Waals surface area contributed by atoms with Gasteiger partial charge in [0.2, 0.25) is 5.91 Å². The number of carboxylic acid groups (broad SMARTS) is 1. The lowest BCUT2D eigenvalue weighted by Crippen LogP contribution is -2.41. The zero-order valence-corrected chi connectivity index (χ0v) is 13.0. The summed E-state index contributed by atoms with van der Waals surface area (Å²) in [5.74, 6) is -1.96. The van der Waals surface area contributed by atoms with Crippen molar-refractivity contribution in [2.45, 2.75) is 25.8 Å². The van der Waals surface area contributed by atoms with E-state index in [1.807, 2.05) is 0 Å². The number of aromatic nitrogens is 2. The molecular formula is C14H19FN4O5. The van der Waals surface area contributed by atoms with Gasteiger partial charge in [-0.3, -0.25) is 18.5 Å². The first kappa shape index (κ1) is 19.1. The van der Waals surface area contributed by atoms with E-state index in [4.69, 9.17) is 15.7 Å². The maximum atomic E-state index is 12.5. The van der Waals surface area contributed by atoms with Crippen LogP contribution in [0.1, 0.15) is 17.7 Å². The van der Waals surface area contributed by atoms with Crippen molar-refractivity contribution in [3.05, 3.63) is 39.9 Å². The smallest absolute Gasteiger partial charge is 0.327 e. The summed E-state index contributed by atoms with van der Waals surface area (Å²) in [6.07, 6.45) is 0.542. The SMILES string of the molecule is C=CCO/N=c1/c(CC(=O)O)c(CC(N)=O)[nH]c(=O)n1CCCF. The molecular weight excluding hydrogens is 323 g/mol. The number of aliphatic carboxylic acids is 1. The molecule has 0 fully saturated rings. The van der Waals surface area contributed by atoms with Crippen molar-refractivity contribution >= 4 is 11.9 Å². The van der Waals surface area contributed by atoms with E-state index in [1.54, 1.807) is 0 Å². The third kappa shape index (κ3) is 5.38. The molecule has 24 heavy (non-hydrogen) atoms. The standard InChI is InChI=1S/C14H19FN4O5/c1-2-6-24-18-13-9(7-12(21)22)10(8-11(16)20)17-14(23)19(13)5-3-4-15/h2H,1,3-8H2,(H2,16,20)(H,17,23)(H,21,22)/b18-13-. The summed E-state index contributed by atoms with van der Waals surface area (Å²) < 4.78 is 13.5. The first-order valence-electron chi connectivity index (χ1n) is 7.08. The molecule has 0 saturated heterocycles. The number of aromatic amines is 1. The minimum absolute atomic E-state index is 0.0214. The molecule has 10 heteroatoms. The molecule has 1 rings (SSSR count). The molecule has 0 bridgehead atoms. The Morgan fingerprint density at radius 2 is 2.17 bits per heavy atom. The molecule has 0 radical (unpaired) electrons. The van der Waals surface area contributed by atoms with Crippen molar-refractivity contribution in [3.63, 3.8) is 0 Å². The number of carboxylic acids is 1. The van der Waals surface area contributed by atoms with E-state index in [1.165, 1.54) is 6.08 Å². The zero-order chi connectivity index (χ0) is 18.1. The van der Waals surface area contributed by atoms with Crippen molar-refractivity contribution in [2.75, 3.05) is 13.3 Å². The Balaban J connectivity index is 3.62. The van der Waals surface area contributed by atoms with E-state index in [0.29, 0.717) is 0 Å². The van der Waals surface area contributed by atoms with Crippen LogP contribution in [-0.4, -0.2) is 39.8 Å². The number of nitrogens with zero attached hydrogens (tertiary/aromatic N) is 2. The summed E-state index contributed by atoms with van der Waals surface area (Å²) in [7, 11) is 0. The molecule has 1 aromatic rings. The number of hydrogen-bond donors (Lipinski definition) is 3. The highest BCUT2D eigenvalue weighted by molar-refractivity contribution is 5.77. The number of alkyl halides is 1. The van der Waals surface area contributed by atoms with Crippen LogP contribution in [-0.2, 0) is 33.8 Å². The van der Waals surface area contributed by atoms with Gasteiger partial charge in [-0.2, -0.15) is 0 Å². The van der Waals surface area contributed by atoms with E-state index in [-0.39, 0.29) is 42.7 Å². The number of hydrogen-bond acceptors (Lipinski definition) is 5. The Kier molecular flexibility index (Phi) is 7.40. The fourth-order valence-corrected chi connectivity index (χ4v) is 2.01. The van der Waals surface area contributed by atoms with Gasteiger partial charge in [0.1, 0.15) is 6.61 Å². The molecule has 1 aromatic heterocycles. The molecule has 0 aliphatic carbocycles. The van der Waals surface area contributed by atoms with Gasteiger partial charge in [-0.15, -0.1) is 0 Å². The molecule has 0 aliphatic heterocycles. The third-order valence-corrected chi connectivity index (χ3v) is 2.93. The number of H-pyrrole nitrogens is 1. The Bertz CT molecular complexity index is 738. The number of primary amides is 1. The van der Waals surface area contributed by atoms with Crippen molar-refractivity contribution in [1.82, 2.24) is 9.55 Å². The number of rotatable bonds is 10. The van der Waals surface area contributed by atoms with Crippen LogP contribution in [0.3, 0.4) is 0 Å². The lowest BCUT2D eigenvalue weighted by atomic mass is 10.1. The molecule has 132 valence electrons. The van der Waals surface area contributed by atoms with E-state index in [0.717, 1.165) is 4.57 Å². The van der Waals surface area contributed by atoms with E-state index in [9.17, 15) is 18.8 Å². The quantitative estimate of drug-likeness (QED) is 0.290. The lowest BCUT2D eigenvalue weighted by Gasteiger charge is -2.12. The molecule has 0 aromatic carbocycles. The van der Waals surface area contributed by atoms with Crippen LogP contribution in [0.4, 0.5) is 4.39 Å². The predicted octanol–water partition coefficient (Wildman–Crippen LogP) is -0.791. The number of amides is 1. The van der Waals surface area contributed by atoms with Crippen molar-refractivity contribution in [1.29, 1.82) is 0 Å². The number of nitrogens with two attached hydrogens (primary N) is 1. The van der Waals surface area contributed by atoms with E-state index in [2.05, 4.69) is 16.7 Å². The van der Waals surface area contributed by atoms with Gasteiger partial charge in [0.25, 0.3) is 0 Å². The van der Waals surface area contributed by atoms with Gasteiger partial charge >= 0.3 is 11.7 Å². The summed E-state index contributed by atoms with van der Waals surface area (Å²) in [5.41, 5.74) is 4.47. The molecule has 1 amide bonds. The van der Waals surface area contributed by atoms with Crippen LogP contribution in [0.15, 0.2) is 22.6 Å². The van der Waals surface area contributed by atoms with Crippen molar-refractivity contribution < 1.29 is 23.9 Å². The average Bonchev–Trinajstić information content (AvgIpc) is 2.49. The lowest BCUT2D eigenvalue weighted by molar-refractivity contribution is -0.136. The summed E-state index contributed by atoms with van der Waals surface area (Å²) >= 11 is 0. The number of halogens is 1. The second-order valence-electron chi connectivity index (χ2n) is 4.79. The second-order valence-corrected chi connectivity index (χ2v) is 4.79. The fourth-order valence-electron chi connectivity index (χ4n) is 2.01. The molecule has 4 N–H and O–H groups in total. The average molecular weight is 342 g/mol. The summed E-state index contributed by atoms with van der Waals surface area (Å²) in [6, 6.07) is 0. The largest absolute Gasteiger partial charge is 0.481 e. The van der Waals surface area contributed by atoms with Crippen LogP contribution in [0, 0.1) is 0 Å². The fraction of sp³-hybridized carbons (Fsp3) is 0.429. The zero-order valence-electron chi connectivity index (χ0n) is 13.0. The van der Waals surface area contributed by atoms with Gasteiger partial charge in [0.15, 0.2) is 5.49 Å². The van der Waals surface area contributed by atoms with Crippen LogP contribution >= 0.6 is 0 Å². The minimum Gasteiger partial charge on any atom is -0.481 e. The highest BCUT2D eigenvalue weighted by Crippen LogP contribution is 2.02. The van der Waals surface area contributed by atoms with Gasteiger partial charge < -0.3 is 20.7 Å². The van der Waals surface area contributed by atoms with Gasteiger partial charge in [-0.05, 0) is 6.42 Å². The molecule has 0 spiro atoms. The Morgan fingerprint density at radius 1 is 1.46 bits per heavy atom. The summed E-state index contributed by atoms with van der Waals surface area (Å²) in [5, 5.41) is 12.8. The summed E-state index contributed by atoms with van der Waals surface area (Å²) in [4.78, 5) is 41.8. The van der Waals surface area contributed by atoms with Gasteiger partial charge in [-0.25, -0.2) is 4.79 Å². The molecule has 9 nitrogen and oxygen atoms in total. The molecule has 0 unspecified atom stereocenters. The maximum Gasteiger partial charge on any atom is 0.327 e. The molecule has 1 heterocycles. The second kappa shape index (κ2) is 9.28. The van der Waals surface area contributed by atoms with E-state index < -0.39 is 30.7 Å². The van der Waals surface area contributed by atoms with Gasteiger partial charge in [0.05, 0.1) is 19.5 Å². The van der Waals surface area contributed by atoms with Crippen LogP contribution in [0.5, 0.6) is 0 Å². The monoisotopic (exact) mass is 342 g/mol. The molecule has 0 saturated carbocycles. The highest BCUT2D eigenvalue weighted by atomic mass is 19.1. The van der Waals surface area contributed by atoms with Gasteiger partial charge in [0, 0.05) is 17.8 Å². The highest BCUT2D eigenvalue weighted by Gasteiger charge is 2.17. The number of carbonyl (C=O) groups excluding carboxylic acids is 1. The number of carbonyl (C=O) groups is 2. The Labute approximate surface area is 136 Å². The predicted molar refractivity (Wildman–Crippen MR) is 81.6 cm³/mol. The first-order chi connectivity index (χ1) is 11.4. The maximum absolute atomic E-state index is 12.5. The van der Waals surface area contributed by atoms with Crippen molar-refractivity contribution in [3.8, 4) is 0 Å². The Morgan fingerprint density at radius 3 is 2.71 bits per heavy atom. The normalized spacial score (nSPS) is 11.3. The first-order valence-corrected chi connectivity index (χ1v) is 7.08.